The molecule has 0 aliphatic heterocycles. The average Bonchev–Trinajstić information content (AvgIpc) is 3.79. The fraction of sp³-hybridized carbons (Fsp3) is 0. The van der Waals surface area contributed by atoms with E-state index in [0.717, 1.165) is 38.9 Å². The second-order valence-electron chi connectivity index (χ2n) is 14.6. The molecule has 56 heavy (non-hydrogen) atoms. The van der Waals surface area contributed by atoms with Gasteiger partial charge in [0.15, 0.2) is 0 Å². The number of para-hydroxylation sites is 3. The molecule has 9 aromatic carbocycles. The molecule has 4 heteroatoms. The van der Waals surface area contributed by atoms with Gasteiger partial charge in [-0.15, -0.1) is 0 Å². The summed E-state index contributed by atoms with van der Waals surface area (Å²) in [5.74, 6) is 0.656. The van der Waals surface area contributed by atoms with Crippen molar-refractivity contribution in [3.05, 3.63) is 194 Å². The number of hydrogen-bond donors (Lipinski definition) is 0. The lowest BCUT2D eigenvalue weighted by Gasteiger charge is -2.12. The Bertz CT molecular complexity index is 3450. The minimum absolute atomic E-state index is 0.656. The van der Waals surface area contributed by atoms with Gasteiger partial charge in [0.05, 0.1) is 33.3 Å². The number of aromatic nitrogens is 4. The topological polar surface area (TPSA) is 35.6 Å². The molecule has 0 aliphatic rings. The van der Waals surface area contributed by atoms with Gasteiger partial charge in [-0.1, -0.05) is 140 Å². The van der Waals surface area contributed by atoms with Gasteiger partial charge in [0.25, 0.3) is 0 Å². The molecule has 0 atom stereocenters. The van der Waals surface area contributed by atoms with Gasteiger partial charge in [-0.05, 0) is 87.6 Å². The summed E-state index contributed by atoms with van der Waals surface area (Å²) in [4.78, 5) is 10.6. The van der Waals surface area contributed by atoms with Crippen LogP contribution < -0.4 is 0 Å². The van der Waals surface area contributed by atoms with Crippen molar-refractivity contribution in [2.75, 3.05) is 0 Å². The summed E-state index contributed by atoms with van der Waals surface area (Å²) in [6.07, 6.45) is 0. The van der Waals surface area contributed by atoms with Gasteiger partial charge < -0.3 is 4.57 Å². The molecule has 0 radical (unpaired) electrons. The van der Waals surface area contributed by atoms with E-state index in [2.05, 4.69) is 203 Å². The van der Waals surface area contributed by atoms with Crippen LogP contribution in [0.25, 0.3) is 110 Å². The molecule has 0 saturated heterocycles. The molecule has 3 heterocycles. The van der Waals surface area contributed by atoms with Crippen LogP contribution in [0.5, 0.6) is 0 Å². The molecule has 12 rings (SSSR count). The summed E-state index contributed by atoms with van der Waals surface area (Å²) in [5, 5.41) is 8.49. The first kappa shape index (κ1) is 30.9. The van der Waals surface area contributed by atoms with Gasteiger partial charge in [0, 0.05) is 38.2 Å². The minimum atomic E-state index is 0.656. The fourth-order valence-corrected chi connectivity index (χ4v) is 8.92. The van der Waals surface area contributed by atoms with Crippen molar-refractivity contribution in [2.24, 2.45) is 0 Å². The van der Waals surface area contributed by atoms with Crippen LogP contribution in [0.15, 0.2) is 194 Å². The summed E-state index contributed by atoms with van der Waals surface area (Å²) in [6, 6.07) is 69.6. The van der Waals surface area contributed by atoms with E-state index >= 15 is 0 Å². The van der Waals surface area contributed by atoms with Crippen molar-refractivity contribution in [3.8, 4) is 45.1 Å². The van der Waals surface area contributed by atoms with Crippen LogP contribution in [-0.2, 0) is 0 Å². The number of benzene rings is 9. The zero-order valence-electron chi connectivity index (χ0n) is 30.3. The Kier molecular flexibility index (Phi) is 6.60. The summed E-state index contributed by atoms with van der Waals surface area (Å²) in [6.45, 7) is 0. The predicted octanol–water partition coefficient (Wildman–Crippen LogP) is 13.4. The van der Waals surface area contributed by atoms with Crippen LogP contribution >= 0.6 is 0 Å². The average molecular weight is 713 g/mol. The van der Waals surface area contributed by atoms with Crippen LogP contribution in [0.4, 0.5) is 0 Å². The molecule has 0 N–H and O–H groups in total. The van der Waals surface area contributed by atoms with E-state index in [0.29, 0.717) is 5.95 Å². The second kappa shape index (κ2) is 12.0. The highest BCUT2D eigenvalue weighted by Gasteiger charge is 2.20. The Morgan fingerprint density at radius 2 is 0.964 bits per heavy atom. The monoisotopic (exact) mass is 712 g/mol. The SMILES string of the molecule is c1ccc(-c2ccc(-c3nc(-n4c5ccccc5c5cc(-c6cc7ccc8cccc9c8c7c(c6)n9-c6ccccc6)ccc54)nc4ccccc34)cc2)cc1. The molecule has 3 aromatic heterocycles. The van der Waals surface area contributed by atoms with Crippen molar-refractivity contribution in [3.63, 3.8) is 0 Å². The third-order valence-corrected chi connectivity index (χ3v) is 11.5. The number of hydrogen-bond acceptors (Lipinski definition) is 2. The van der Waals surface area contributed by atoms with Crippen molar-refractivity contribution >= 4 is 65.3 Å². The highest BCUT2D eigenvalue weighted by Crippen LogP contribution is 2.42. The lowest BCUT2D eigenvalue weighted by atomic mass is 9.96. The first-order chi connectivity index (χ1) is 27.8. The van der Waals surface area contributed by atoms with Crippen molar-refractivity contribution in [2.45, 2.75) is 0 Å². The van der Waals surface area contributed by atoms with Gasteiger partial charge in [0.2, 0.25) is 5.95 Å². The van der Waals surface area contributed by atoms with Gasteiger partial charge in [0.1, 0.15) is 0 Å². The Balaban J connectivity index is 1.05. The Hall–Kier alpha value is -7.56. The quantitative estimate of drug-likeness (QED) is 0.167. The van der Waals surface area contributed by atoms with E-state index in [1.165, 1.54) is 65.6 Å². The highest BCUT2D eigenvalue weighted by atomic mass is 15.2. The summed E-state index contributed by atoms with van der Waals surface area (Å²) < 4.78 is 4.65. The molecule has 0 fully saturated rings. The maximum Gasteiger partial charge on any atom is 0.235 e. The molecule has 4 nitrogen and oxygen atoms in total. The van der Waals surface area contributed by atoms with E-state index in [1.807, 2.05) is 0 Å². The molecule has 0 bridgehead atoms. The number of rotatable bonds is 5. The smallest absolute Gasteiger partial charge is 0.235 e. The van der Waals surface area contributed by atoms with Crippen LogP contribution in [-0.4, -0.2) is 19.1 Å². The summed E-state index contributed by atoms with van der Waals surface area (Å²) in [7, 11) is 0. The van der Waals surface area contributed by atoms with E-state index in [9.17, 15) is 0 Å². The lowest BCUT2D eigenvalue weighted by Crippen LogP contribution is -2.03. The Morgan fingerprint density at radius 3 is 1.82 bits per heavy atom. The lowest BCUT2D eigenvalue weighted by molar-refractivity contribution is 1.01. The molecule has 0 amide bonds. The van der Waals surface area contributed by atoms with E-state index < -0.39 is 0 Å². The first-order valence-electron chi connectivity index (χ1n) is 19.1. The third kappa shape index (κ3) is 4.60. The molecule has 0 saturated carbocycles. The normalized spacial score (nSPS) is 11.9. The standard InChI is InChI=1S/C52H32N4/c1-3-12-33(13-4-1)34-22-25-36(26-23-34)51-42-18-7-9-19-44(42)53-52(54-51)56-45-20-10-8-17-41(45)43-31-37(28-29-46(43)56)39-30-38-27-24-35-14-11-21-47-49(35)50(38)48(32-39)55(47)40-15-5-2-6-16-40/h1-32H. The first-order valence-corrected chi connectivity index (χ1v) is 19.1. The summed E-state index contributed by atoms with van der Waals surface area (Å²) in [5.41, 5.74) is 13.4. The summed E-state index contributed by atoms with van der Waals surface area (Å²) >= 11 is 0. The molecule has 260 valence electrons. The van der Waals surface area contributed by atoms with Gasteiger partial charge in [-0.25, -0.2) is 9.97 Å². The van der Waals surface area contributed by atoms with Gasteiger partial charge in [-0.3, -0.25) is 4.57 Å². The number of nitrogens with zero attached hydrogens (tertiary/aromatic N) is 4. The van der Waals surface area contributed by atoms with E-state index in [4.69, 9.17) is 9.97 Å². The number of fused-ring (bicyclic) bond motifs is 4. The maximum atomic E-state index is 5.36. The zero-order chi connectivity index (χ0) is 36.7. The minimum Gasteiger partial charge on any atom is -0.309 e. The van der Waals surface area contributed by atoms with Gasteiger partial charge in [-0.2, -0.15) is 0 Å². The second-order valence-corrected chi connectivity index (χ2v) is 14.6. The molecule has 12 aromatic rings. The van der Waals surface area contributed by atoms with Crippen molar-refractivity contribution in [1.29, 1.82) is 0 Å². The van der Waals surface area contributed by atoms with Crippen LogP contribution in [0.3, 0.4) is 0 Å². The predicted molar refractivity (Wildman–Crippen MR) is 233 cm³/mol. The molecule has 0 unspecified atom stereocenters. The van der Waals surface area contributed by atoms with Crippen molar-refractivity contribution in [1.82, 2.24) is 19.1 Å². The van der Waals surface area contributed by atoms with Crippen LogP contribution in [0.1, 0.15) is 0 Å². The third-order valence-electron chi connectivity index (χ3n) is 11.5. The van der Waals surface area contributed by atoms with Crippen LogP contribution in [0, 0.1) is 0 Å². The maximum absolute atomic E-state index is 5.36. The Labute approximate surface area is 322 Å². The van der Waals surface area contributed by atoms with E-state index in [1.54, 1.807) is 0 Å². The van der Waals surface area contributed by atoms with Crippen molar-refractivity contribution < 1.29 is 0 Å². The molecule has 0 spiro atoms. The molecular formula is C52H32N4. The highest BCUT2D eigenvalue weighted by molar-refractivity contribution is 6.25. The largest absolute Gasteiger partial charge is 0.309 e. The zero-order valence-corrected chi connectivity index (χ0v) is 30.3. The molecule has 0 aliphatic carbocycles. The Morgan fingerprint density at radius 1 is 0.321 bits per heavy atom. The van der Waals surface area contributed by atoms with Crippen LogP contribution in [0.2, 0.25) is 0 Å². The van der Waals surface area contributed by atoms with E-state index in [-0.39, 0.29) is 0 Å². The van der Waals surface area contributed by atoms with Gasteiger partial charge >= 0.3 is 0 Å². The fourth-order valence-electron chi connectivity index (χ4n) is 8.92. The molecular weight excluding hydrogens is 681 g/mol.